The predicted octanol–water partition coefficient (Wildman–Crippen LogP) is 3.29. The Morgan fingerprint density at radius 3 is 2.29 bits per heavy atom. The second kappa shape index (κ2) is 5.21. The van der Waals surface area contributed by atoms with Crippen LogP contribution in [0.3, 0.4) is 0 Å². The van der Waals surface area contributed by atoms with Gasteiger partial charge in [0, 0.05) is 6.04 Å². The van der Waals surface area contributed by atoms with Gasteiger partial charge in [0.2, 0.25) is 0 Å². The SMILES string of the molecule is C=CC(C=C)=C(C)[C@H]1OC(=O)N(C(C)C)[C@H]1C. The maximum atomic E-state index is 11.8. The minimum Gasteiger partial charge on any atom is -0.439 e. The Morgan fingerprint density at radius 1 is 1.41 bits per heavy atom. The van der Waals surface area contributed by atoms with Crippen LogP contribution in [0.2, 0.25) is 0 Å². The molecule has 0 unspecified atom stereocenters. The molecule has 0 aromatic carbocycles. The van der Waals surface area contributed by atoms with Gasteiger partial charge < -0.3 is 4.74 Å². The highest BCUT2D eigenvalue weighted by molar-refractivity contribution is 5.71. The highest BCUT2D eigenvalue weighted by Gasteiger charge is 2.41. The molecule has 0 N–H and O–H groups in total. The van der Waals surface area contributed by atoms with Crippen molar-refractivity contribution in [2.24, 2.45) is 0 Å². The fourth-order valence-electron chi connectivity index (χ4n) is 2.28. The number of amides is 1. The highest BCUT2D eigenvalue weighted by atomic mass is 16.6. The molecule has 1 saturated heterocycles. The molecule has 3 nitrogen and oxygen atoms in total. The van der Waals surface area contributed by atoms with E-state index in [-0.39, 0.29) is 24.3 Å². The van der Waals surface area contributed by atoms with E-state index in [4.69, 9.17) is 4.74 Å². The van der Waals surface area contributed by atoms with Gasteiger partial charge in [-0.3, -0.25) is 4.90 Å². The number of ether oxygens (including phenoxy) is 1. The topological polar surface area (TPSA) is 29.5 Å². The van der Waals surface area contributed by atoms with E-state index >= 15 is 0 Å². The zero-order valence-corrected chi connectivity index (χ0v) is 11.1. The minimum atomic E-state index is -0.246. The average molecular weight is 235 g/mol. The molecule has 17 heavy (non-hydrogen) atoms. The first-order valence-electron chi connectivity index (χ1n) is 5.88. The van der Waals surface area contributed by atoms with Gasteiger partial charge in [0.05, 0.1) is 6.04 Å². The van der Waals surface area contributed by atoms with E-state index in [2.05, 4.69) is 13.2 Å². The molecule has 1 heterocycles. The summed E-state index contributed by atoms with van der Waals surface area (Å²) in [4.78, 5) is 13.5. The van der Waals surface area contributed by atoms with Gasteiger partial charge in [-0.25, -0.2) is 4.79 Å². The van der Waals surface area contributed by atoms with Gasteiger partial charge in [0.25, 0.3) is 0 Å². The van der Waals surface area contributed by atoms with Gasteiger partial charge in [-0.15, -0.1) is 0 Å². The zero-order valence-electron chi connectivity index (χ0n) is 11.1. The predicted molar refractivity (Wildman–Crippen MR) is 69.8 cm³/mol. The molecule has 1 aliphatic rings. The quantitative estimate of drug-likeness (QED) is 0.700. The summed E-state index contributed by atoms with van der Waals surface area (Å²) in [6.45, 7) is 15.4. The largest absolute Gasteiger partial charge is 0.439 e. The summed E-state index contributed by atoms with van der Waals surface area (Å²) < 4.78 is 5.43. The van der Waals surface area contributed by atoms with Gasteiger partial charge in [-0.05, 0) is 38.8 Å². The first-order valence-corrected chi connectivity index (χ1v) is 5.88. The molecular formula is C14H21NO2. The Morgan fingerprint density at radius 2 is 1.94 bits per heavy atom. The van der Waals surface area contributed by atoms with Gasteiger partial charge in [-0.1, -0.05) is 25.3 Å². The van der Waals surface area contributed by atoms with Crippen LogP contribution in [0.5, 0.6) is 0 Å². The van der Waals surface area contributed by atoms with E-state index in [1.165, 1.54) is 0 Å². The van der Waals surface area contributed by atoms with Gasteiger partial charge >= 0.3 is 6.09 Å². The lowest BCUT2D eigenvalue weighted by Gasteiger charge is -2.25. The molecule has 0 bridgehead atoms. The first kappa shape index (κ1) is 13.6. The van der Waals surface area contributed by atoms with Crippen LogP contribution in [0.25, 0.3) is 0 Å². The van der Waals surface area contributed by atoms with Crippen molar-refractivity contribution in [3.8, 4) is 0 Å². The molecule has 0 saturated carbocycles. The number of carbonyl (C=O) groups excluding carboxylic acids is 1. The third kappa shape index (κ3) is 2.43. The maximum Gasteiger partial charge on any atom is 0.411 e. The summed E-state index contributed by atoms with van der Waals surface area (Å²) in [5.74, 6) is 0. The van der Waals surface area contributed by atoms with E-state index in [9.17, 15) is 4.79 Å². The number of carbonyl (C=O) groups is 1. The minimum absolute atomic E-state index is 0.0393. The fraction of sp³-hybridized carbons (Fsp3) is 0.500. The number of hydrogen-bond donors (Lipinski definition) is 0. The Labute approximate surface area is 103 Å². The summed E-state index contributed by atoms with van der Waals surface area (Å²) in [7, 11) is 0. The smallest absolute Gasteiger partial charge is 0.411 e. The van der Waals surface area contributed by atoms with Crippen molar-refractivity contribution < 1.29 is 9.53 Å². The van der Waals surface area contributed by atoms with Gasteiger partial charge in [0.1, 0.15) is 6.10 Å². The van der Waals surface area contributed by atoms with Crippen molar-refractivity contribution in [2.45, 2.75) is 45.9 Å². The molecule has 0 radical (unpaired) electrons. The zero-order chi connectivity index (χ0) is 13.2. The summed E-state index contributed by atoms with van der Waals surface area (Å²) >= 11 is 0. The molecule has 1 fully saturated rings. The molecule has 1 aliphatic heterocycles. The lowest BCUT2D eigenvalue weighted by atomic mass is 9.99. The molecule has 94 valence electrons. The van der Waals surface area contributed by atoms with E-state index in [1.54, 1.807) is 17.1 Å². The van der Waals surface area contributed by atoms with Crippen LogP contribution in [0, 0.1) is 0 Å². The summed E-state index contributed by atoms with van der Waals surface area (Å²) in [6, 6.07) is 0.184. The third-order valence-corrected chi connectivity index (χ3v) is 3.19. The molecule has 0 aromatic heterocycles. The summed E-state index contributed by atoms with van der Waals surface area (Å²) in [5, 5.41) is 0. The van der Waals surface area contributed by atoms with E-state index < -0.39 is 0 Å². The number of allylic oxidation sites excluding steroid dienone is 3. The molecule has 0 aromatic rings. The van der Waals surface area contributed by atoms with Gasteiger partial charge in [-0.2, -0.15) is 0 Å². The first-order chi connectivity index (χ1) is 7.93. The summed E-state index contributed by atoms with van der Waals surface area (Å²) in [6.07, 6.45) is 3.02. The lowest BCUT2D eigenvalue weighted by molar-refractivity contribution is 0.138. The standard InChI is InChI=1S/C14H21NO2/c1-7-12(8-2)10(5)13-11(6)15(9(3)4)14(16)17-13/h7-9,11,13H,1-2H2,3-6H3/t11-,13+/m0/s1. The second-order valence-corrected chi connectivity index (χ2v) is 4.59. The van der Waals surface area contributed by atoms with Crippen LogP contribution in [0.4, 0.5) is 4.79 Å². The molecule has 3 heteroatoms. The molecule has 1 rings (SSSR count). The van der Waals surface area contributed by atoms with Gasteiger partial charge in [0.15, 0.2) is 0 Å². The van der Waals surface area contributed by atoms with Crippen LogP contribution in [-0.2, 0) is 4.74 Å². The highest BCUT2D eigenvalue weighted by Crippen LogP contribution is 2.28. The number of nitrogens with zero attached hydrogens (tertiary/aromatic N) is 1. The molecule has 2 atom stereocenters. The molecule has 0 aliphatic carbocycles. The van der Waals surface area contributed by atoms with Crippen LogP contribution in [0.1, 0.15) is 27.7 Å². The Bertz CT molecular complexity index is 358. The monoisotopic (exact) mass is 235 g/mol. The van der Waals surface area contributed by atoms with Crippen LogP contribution < -0.4 is 0 Å². The average Bonchev–Trinajstić information content (AvgIpc) is 2.55. The van der Waals surface area contributed by atoms with Crippen LogP contribution >= 0.6 is 0 Å². The van der Waals surface area contributed by atoms with Crippen molar-refractivity contribution in [2.75, 3.05) is 0 Å². The van der Waals surface area contributed by atoms with Crippen LogP contribution in [0.15, 0.2) is 36.5 Å². The molecule has 1 amide bonds. The number of cyclic esters (lactones) is 1. The number of rotatable bonds is 4. The van der Waals surface area contributed by atoms with E-state index in [1.807, 2.05) is 27.7 Å². The van der Waals surface area contributed by atoms with Crippen molar-refractivity contribution >= 4 is 6.09 Å². The Kier molecular flexibility index (Phi) is 4.16. The normalized spacial score (nSPS) is 23.6. The molecule has 0 spiro atoms. The summed E-state index contributed by atoms with van der Waals surface area (Å²) in [5.41, 5.74) is 1.93. The van der Waals surface area contributed by atoms with Crippen molar-refractivity contribution in [1.29, 1.82) is 0 Å². The van der Waals surface area contributed by atoms with E-state index in [0.29, 0.717) is 0 Å². The van der Waals surface area contributed by atoms with E-state index in [0.717, 1.165) is 11.1 Å². The van der Waals surface area contributed by atoms with Crippen molar-refractivity contribution in [1.82, 2.24) is 4.90 Å². The lowest BCUT2D eigenvalue weighted by Crippen LogP contribution is -2.39. The number of hydrogen-bond acceptors (Lipinski definition) is 2. The van der Waals surface area contributed by atoms with Crippen molar-refractivity contribution in [3.05, 3.63) is 36.5 Å². The molecular weight excluding hydrogens is 214 g/mol. The Hall–Kier alpha value is -1.51. The Balaban J connectivity index is 3.04. The maximum absolute atomic E-state index is 11.8. The van der Waals surface area contributed by atoms with Crippen molar-refractivity contribution in [3.63, 3.8) is 0 Å². The van der Waals surface area contributed by atoms with Crippen LogP contribution in [-0.4, -0.2) is 29.2 Å². The second-order valence-electron chi connectivity index (χ2n) is 4.59. The fourth-order valence-corrected chi connectivity index (χ4v) is 2.28. The third-order valence-electron chi connectivity index (χ3n) is 3.19.